The smallest absolute Gasteiger partial charge is 0.282 e. The van der Waals surface area contributed by atoms with E-state index in [0.717, 1.165) is 5.69 Å². The number of nitrogens with one attached hydrogen (secondary N) is 1. The molecule has 2 aromatic rings. The van der Waals surface area contributed by atoms with Crippen molar-refractivity contribution in [1.82, 2.24) is 5.27 Å². The SMILES string of the molecule is O=c1o[nH][n+](-c2ccc(Cl)cc2)c1Br. The Kier molecular flexibility index (Phi) is 2.43. The molecule has 0 aliphatic rings. The van der Waals surface area contributed by atoms with Gasteiger partial charge in [0.15, 0.2) is 0 Å². The second kappa shape index (κ2) is 3.59. The van der Waals surface area contributed by atoms with Crippen LogP contribution in [0.25, 0.3) is 5.69 Å². The molecule has 1 aromatic carbocycles. The first-order valence-corrected chi connectivity index (χ1v) is 4.90. The van der Waals surface area contributed by atoms with Gasteiger partial charge in [-0.25, -0.2) is 4.79 Å². The molecule has 0 aliphatic carbocycles. The van der Waals surface area contributed by atoms with Crippen LogP contribution in [-0.4, -0.2) is 5.27 Å². The molecule has 0 bridgehead atoms. The van der Waals surface area contributed by atoms with E-state index in [1.807, 2.05) is 0 Å². The molecule has 72 valence electrons. The third kappa shape index (κ3) is 1.60. The van der Waals surface area contributed by atoms with Gasteiger partial charge in [0.1, 0.15) is 0 Å². The predicted octanol–water partition coefficient (Wildman–Crippen LogP) is 1.66. The lowest BCUT2D eigenvalue weighted by atomic mass is 10.3. The third-order valence-electron chi connectivity index (χ3n) is 1.68. The number of nitrogens with zero attached hydrogens (tertiary/aromatic N) is 1. The highest BCUT2D eigenvalue weighted by atomic mass is 79.9. The van der Waals surface area contributed by atoms with Gasteiger partial charge in [0.25, 0.3) is 0 Å². The van der Waals surface area contributed by atoms with Gasteiger partial charge >= 0.3 is 10.2 Å². The van der Waals surface area contributed by atoms with Gasteiger partial charge in [-0.2, -0.15) is 0 Å². The topological polar surface area (TPSA) is 49.9 Å². The zero-order chi connectivity index (χ0) is 10.1. The maximum absolute atomic E-state index is 11.0. The fourth-order valence-electron chi connectivity index (χ4n) is 1.02. The molecule has 0 saturated heterocycles. The number of aromatic amines is 1. The summed E-state index contributed by atoms with van der Waals surface area (Å²) in [4.78, 5) is 11.0. The number of rotatable bonds is 1. The van der Waals surface area contributed by atoms with Crippen molar-refractivity contribution in [1.29, 1.82) is 0 Å². The summed E-state index contributed by atoms with van der Waals surface area (Å²) in [5.41, 5.74) is 0.298. The van der Waals surface area contributed by atoms with Crippen LogP contribution in [0.5, 0.6) is 0 Å². The molecule has 1 N–H and O–H groups in total. The number of hydrogen-bond acceptors (Lipinski definition) is 2. The van der Waals surface area contributed by atoms with Crippen molar-refractivity contribution in [2.24, 2.45) is 0 Å². The van der Waals surface area contributed by atoms with Gasteiger partial charge in [-0.3, -0.25) is 4.52 Å². The number of aromatic nitrogens is 2. The van der Waals surface area contributed by atoms with Crippen LogP contribution in [0.1, 0.15) is 0 Å². The standard InChI is InChI=1S/C8H4BrClN2O2/c9-7-8(13)14-11-12(7)6-3-1-5(10)2-4-6/h1-4H/p+1. The summed E-state index contributed by atoms with van der Waals surface area (Å²) in [5.74, 6) is 0. The monoisotopic (exact) mass is 275 g/mol. The quantitative estimate of drug-likeness (QED) is 0.805. The minimum absolute atomic E-state index is 0.305. The van der Waals surface area contributed by atoms with Crippen molar-refractivity contribution in [3.05, 3.63) is 44.3 Å². The summed E-state index contributed by atoms with van der Waals surface area (Å²) in [6, 6.07) is 6.97. The van der Waals surface area contributed by atoms with Gasteiger partial charge in [-0.1, -0.05) is 11.6 Å². The summed E-state index contributed by atoms with van der Waals surface area (Å²) in [6.45, 7) is 0. The van der Waals surface area contributed by atoms with Crippen LogP contribution >= 0.6 is 27.5 Å². The number of benzene rings is 1. The Bertz CT molecular complexity index is 503. The first-order chi connectivity index (χ1) is 6.68. The first kappa shape index (κ1) is 9.48. The number of hydrogen-bond donors (Lipinski definition) is 1. The Morgan fingerprint density at radius 3 is 2.50 bits per heavy atom. The van der Waals surface area contributed by atoms with Crippen molar-refractivity contribution in [3.63, 3.8) is 0 Å². The van der Waals surface area contributed by atoms with E-state index in [1.165, 1.54) is 4.68 Å². The summed E-state index contributed by atoms with van der Waals surface area (Å²) in [6.07, 6.45) is 0. The van der Waals surface area contributed by atoms with Crippen molar-refractivity contribution in [3.8, 4) is 5.69 Å². The highest BCUT2D eigenvalue weighted by Crippen LogP contribution is 2.09. The van der Waals surface area contributed by atoms with E-state index in [1.54, 1.807) is 24.3 Å². The highest BCUT2D eigenvalue weighted by molar-refractivity contribution is 9.10. The largest absolute Gasteiger partial charge is 0.442 e. The van der Waals surface area contributed by atoms with E-state index in [2.05, 4.69) is 25.7 Å². The van der Waals surface area contributed by atoms with Gasteiger partial charge < -0.3 is 0 Å². The molecule has 0 amide bonds. The molecule has 1 aromatic heterocycles. The van der Waals surface area contributed by atoms with E-state index in [9.17, 15) is 4.79 Å². The van der Waals surface area contributed by atoms with E-state index in [4.69, 9.17) is 11.6 Å². The predicted molar refractivity (Wildman–Crippen MR) is 53.6 cm³/mol. The van der Waals surface area contributed by atoms with E-state index >= 15 is 0 Å². The molecule has 0 unspecified atom stereocenters. The van der Waals surface area contributed by atoms with Crippen molar-refractivity contribution in [2.45, 2.75) is 0 Å². The lowest BCUT2D eigenvalue weighted by Crippen LogP contribution is -2.34. The Hall–Kier alpha value is -1.07. The van der Waals surface area contributed by atoms with Crippen LogP contribution in [0.15, 0.2) is 38.2 Å². The Morgan fingerprint density at radius 2 is 2.00 bits per heavy atom. The van der Waals surface area contributed by atoms with Crippen LogP contribution in [-0.2, 0) is 0 Å². The average molecular weight is 276 g/mol. The second-order valence-corrected chi connectivity index (χ2v) is 3.77. The second-order valence-electron chi connectivity index (χ2n) is 2.58. The first-order valence-electron chi connectivity index (χ1n) is 3.73. The normalized spacial score (nSPS) is 10.4. The summed E-state index contributed by atoms with van der Waals surface area (Å²) in [5, 5.41) is 3.08. The maximum Gasteiger partial charge on any atom is 0.442 e. The van der Waals surface area contributed by atoms with Crippen molar-refractivity contribution in [2.75, 3.05) is 0 Å². The van der Waals surface area contributed by atoms with E-state index < -0.39 is 5.63 Å². The van der Waals surface area contributed by atoms with E-state index in [-0.39, 0.29) is 0 Å². The van der Waals surface area contributed by atoms with Crippen LogP contribution < -0.4 is 10.3 Å². The van der Waals surface area contributed by atoms with E-state index in [0.29, 0.717) is 9.63 Å². The molecular formula is C8H5BrClN2O2+. The summed E-state index contributed by atoms with van der Waals surface area (Å²) in [7, 11) is 0. The number of halogens is 2. The lowest BCUT2D eigenvalue weighted by molar-refractivity contribution is -0.680. The van der Waals surface area contributed by atoms with Gasteiger partial charge in [0.2, 0.25) is 5.69 Å². The fourth-order valence-corrected chi connectivity index (χ4v) is 1.50. The minimum atomic E-state index is -0.458. The molecule has 0 aliphatic heterocycles. The zero-order valence-electron chi connectivity index (χ0n) is 6.83. The molecule has 4 nitrogen and oxygen atoms in total. The highest BCUT2D eigenvalue weighted by Gasteiger charge is 2.19. The Labute approximate surface area is 92.2 Å². The van der Waals surface area contributed by atoms with Crippen LogP contribution in [0, 0.1) is 0 Å². The third-order valence-corrected chi connectivity index (χ3v) is 2.61. The number of H-pyrrole nitrogens is 1. The molecule has 0 fully saturated rings. The molecule has 0 radical (unpaired) electrons. The molecule has 0 saturated carbocycles. The Balaban J connectivity index is 2.55. The van der Waals surface area contributed by atoms with Crippen LogP contribution in [0.3, 0.4) is 0 Å². The molecule has 14 heavy (non-hydrogen) atoms. The molecule has 6 heteroatoms. The van der Waals surface area contributed by atoms with Crippen LogP contribution in [0.4, 0.5) is 0 Å². The summed E-state index contributed by atoms with van der Waals surface area (Å²) < 4.78 is 6.36. The van der Waals surface area contributed by atoms with Gasteiger partial charge in [0, 0.05) is 33.1 Å². The van der Waals surface area contributed by atoms with Crippen molar-refractivity contribution < 1.29 is 9.20 Å². The lowest BCUT2D eigenvalue weighted by Gasteiger charge is -1.89. The zero-order valence-corrected chi connectivity index (χ0v) is 9.17. The Morgan fingerprint density at radius 1 is 1.36 bits per heavy atom. The molecular weight excluding hydrogens is 271 g/mol. The van der Waals surface area contributed by atoms with Gasteiger partial charge in [-0.15, -0.1) is 0 Å². The van der Waals surface area contributed by atoms with Crippen LogP contribution in [0.2, 0.25) is 5.02 Å². The molecule has 0 spiro atoms. The molecule has 1 heterocycles. The summed E-state index contributed by atoms with van der Waals surface area (Å²) >= 11 is 8.83. The van der Waals surface area contributed by atoms with Gasteiger partial charge in [0.05, 0.1) is 0 Å². The minimum Gasteiger partial charge on any atom is -0.282 e. The fraction of sp³-hybridized carbons (Fsp3) is 0. The average Bonchev–Trinajstić information content (AvgIpc) is 2.50. The van der Waals surface area contributed by atoms with Crippen molar-refractivity contribution >= 4 is 27.5 Å². The molecule has 0 atom stereocenters. The molecule has 2 rings (SSSR count). The maximum atomic E-state index is 11.0. The van der Waals surface area contributed by atoms with Gasteiger partial charge in [-0.05, 0) is 22.1 Å².